The summed E-state index contributed by atoms with van der Waals surface area (Å²) in [7, 11) is 0. The van der Waals surface area contributed by atoms with E-state index in [1.807, 2.05) is 0 Å². The van der Waals surface area contributed by atoms with Crippen molar-refractivity contribution in [1.82, 2.24) is 0 Å². The van der Waals surface area contributed by atoms with Gasteiger partial charge in [0, 0.05) is 0 Å². The van der Waals surface area contributed by atoms with Gasteiger partial charge >= 0.3 is 0 Å². The molecule has 0 saturated heterocycles. The van der Waals surface area contributed by atoms with E-state index >= 15 is 0 Å². The van der Waals surface area contributed by atoms with E-state index in [0.717, 1.165) is 0 Å². The van der Waals surface area contributed by atoms with E-state index in [4.69, 9.17) is 20.1 Å². The standard InChI is InChI=1S/C3H8O3.C2H2O/c4-1-3(6)2-5;1-2-3/h3-6H,1-2H2;1H2. The number of rotatable bonds is 2. The van der Waals surface area contributed by atoms with Gasteiger partial charge in [0.05, 0.1) is 13.2 Å². The van der Waals surface area contributed by atoms with Gasteiger partial charge in [-0.05, 0) is 6.58 Å². The molecule has 3 N–H and O–H groups in total. The van der Waals surface area contributed by atoms with Crippen LogP contribution in [0.1, 0.15) is 0 Å². The molecule has 0 rings (SSSR count). The SMILES string of the molecule is C=C=O.OCC(O)CO. The molecule has 54 valence electrons. The van der Waals surface area contributed by atoms with E-state index in [-0.39, 0.29) is 13.2 Å². The molecule has 0 spiro atoms. The van der Waals surface area contributed by atoms with Crippen LogP contribution in [-0.2, 0) is 4.79 Å². The van der Waals surface area contributed by atoms with Crippen molar-refractivity contribution in [2.45, 2.75) is 6.10 Å². The third kappa shape index (κ3) is 18.8. The van der Waals surface area contributed by atoms with Crippen molar-refractivity contribution >= 4 is 5.94 Å². The number of aliphatic hydroxyl groups excluding tert-OH is 3. The van der Waals surface area contributed by atoms with Crippen LogP contribution in [0.2, 0.25) is 0 Å². The summed E-state index contributed by atoms with van der Waals surface area (Å²) in [6, 6.07) is 0. The first-order valence-corrected chi connectivity index (χ1v) is 2.26. The first kappa shape index (κ1) is 11.2. The second-order valence-corrected chi connectivity index (χ2v) is 1.16. The molecular formula is C5H10O4. The fourth-order valence-corrected chi connectivity index (χ4v) is 0.0577. The average molecular weight is 134 g/mol. The van der Waals surface area contributed by atoms with Crippen LogP contribution in [0.3, 0.4) is 0 Å². The normalized spacial score (nSPS) is 7.56. The summed E-state index contributed by atoms with van der Waals surface area (Å²) in [5.41, 5.74) is 0. The average Bonchev–Trinajstić information content (AvgIpc) is 1.88. The van der Waals surface area contributed by atoms with Crippen LogP contribution in [0.4, 0.5) is 0 Å². The Balaban J connectivity index is 0. The molecule has 0 aromatic carbocycles. The minimum absolute atomic E-state index is 0.365. The minimum atomic E-state index is -0.954. The van der Waals surface area contributed by atoms with Gasteiger partial charge in [0.15, 0.2) is 0 Å². The molecule has 0 saturated carbocycles. The van der Waals surface area contributed by atoms with E-state index in [0.29, 0.717) is 0 Å². The first-order chi connectivity index (χ1) is 4.22. The Morgan fingerprint density at radius 2 is 1.67 bits per heavy atom. The highest BCUT2D eigenvalue weighted by Gasteiger charge is 1.93. The molecule has 0 bridgehead atoms. The van der Waals surface area contributed by atoms with Crippen molar-refractivity contribution in [3.63, 3.8) is 0 Å². The summed E-state index contributed by atoms with van der Waals surface area (Å²) < 4.78 is 0. The molecule has 0 aliphatic rings. The van der Waals surface area contributed by atoms with Crippen LogP contribution < -0.4 is 0 Å². The zero-order valence-electron chi connectivity index (χ0n) is 4.95. The fraction of sp³-hybridized carbons (Fsp3) is 0.600. The summed E-state index contributed by atoms with van der Waals surface area (Å²) in [4.78, 5) is 8.57. The van der Waals surface area contributed by atoms with Crippen LogP contribution in [-0.4, -0.2) is 40.6 Å². The van der Waals surface area contributed by atoms with Crippen LogP contribution in [0.5, 0.6) is 0 Å². The number of carbonyl (C=O) groups excluding carboxylic acids is 1. The molecule has 0 atom stereocenters. The maximum absolute atomic E-state index is 8.57. The van der Waals surface area contributed by atoms with Crippen molar-refractivity contribution in [2.24, 2.45) is 0 Å². The Labute approximate surface area is 53.1 Å². The molecular weight excluding hydrogens is 124 g/mol. The van der Waals surface area contributed by atoms with E-state index in [1.165, 1.54) is 5.94 Å². The molecule has 0 amide bonds. The van der Waals surface area contributed by atoms with Gasteiger partial charge in [-0.2, -0.15) is 0 Å². The van der Waals surface area contributed by atoms with Gasteiger partial charge in [-0.25, -0.2) is 4.79 Å². The summed E-state index contributed by atoms with van der Waals surface area (Å²) in [5, 5.41) is 24.0. The molecule has 0 aromatic rings. The van der Waals surface area contributed by atoms with Crippen molar-refractivity contribution < 1.29 is 20.1 Å². The zero-order valence-corrected chi connectivity index (χ0v) is 4.95. The highest BCUT2D eigenvalue weighted by atomic mass is 16.3. The number of hydrogen-bond acceptors (Lipinski definition) is 4. The van der Waals surface area contributed by atoms with Crippen LogP contribution in [0, 0.1) is 0 Å². The smallest absolute Gasteiger partial charge is 0.116 e. The predicted molar refractivity (Wildman–Crippen MR) is 31.5 cm³/mol. The molecule has 4 heteroatoms. The van der Waals surface area contributed by atoms with E-state index in [2.05, 4.69) is 6.58 Å². The van der Waals surface area contributed by atoms with E-state index < -0.39 is 6.10 Å². The summed E-state index contributed by atoms with van der Waals surface area (Å²) in [5.74, 6) is 1.25. The van der Waals surface area contributed by atoms with E-state index in [9.17, 15) is 0 Å². The predicted octanol–water partition coefficient (Wildman–Crippen LogP) is -1.66. The highest BCUT2D eigenvalue weighted by molar-refractivity contribution is 5.38. The lowest BCUT2D eigenvalue weighted by molar-refractivity contribution is 0.0450. The molecule has 0 radical (unpaired) electrons. The Morgan fingerprint density at radius 1 is 1.44 bits per heavy atom. The highest BCUT2D eigenvalue weighted by Crippen LogP contribution is 1.71. The number of hydrogen-bond donors (Lipinski definition) is 3. The van der Waals surface area contributed by atoms with Crippen molar-refractivity contribution in [3.05, 3.63) is 6.58 Å². The zero-order chi connectivity index (χ0) is 7.70. The fourth-order valence-electron chi connectivity index (χ4n) is 0.0577. The molecule has 4 nitrogen and oxygen atoms in total. The molecule has 0 aromatic heterocycles. The van der Waals surface area contributed by atoms with Gasteiger partial charge in [0.2, 0.25) is 0 Å². The summed E-state index contributed by atoms with van der Waals surface area (Å²) >= 11 is 0. The lowest BCUT2D eigenvalue weighted by Crippen LogP contribution is -2.15. The molecule has 0 aliphatic carbocycles. The van der Waals surface area contributed by atoms with Gasteiger partial charge in [0.25, 0.3) is 0 Å². The van der Waals surface area contributed by atoms with Gasteiger partial charge in [-0.15, -0.1) is 0 Å². The maximum Gasteiger partial charge on any atom is 0.116 e. The molecule has 0 unspecified atom stereocenters. The number of aliphatic hydroxyl groups is 3. The third-order valence-electron chi connectivity index (χ3n) is 0.421. The van der Waals surface area contributed by atoms with Gasteiger partial charge in [0.1, 0.15) is 12.0 Å². The van der Waals surface area contributed by atoms with Crippen molar-refractivity contribution in [2.75, 3.05) is 13.2 Å². The molecule has 0 fully saturated rings. The van der Waals surface area contributed by atoms with Crippen molar-refractivity contribution in [3.8, 4) is 0 Å². The minimum Gasteiger partial charge on any atom is -0.394 e. The Morgan fingerprint density at radius 3 is 1.67 bits per heavy atom. The van der Waals surface area contributed by atoms with E-state index in [1.54, 1.807) is 0 Å². The Bertz CT molecular complexity index is 71.0. The monoisotopic (exact) mass is 134 g/mol. The lowest BCUT2D eigenvalue weighted by atomic mass is 10.4. The Hall–Kier alpha value is -0.670. The van der Waals surface area contributed by atoms with Crippen LogP contribution in [0.25, 0.3) is 0 Å². The largest absolute Gasteiger partial charge is 0.394 e. The summed E-state index contributed by atoms with van der Waals surface area (Å²) in [6.07, 6.45) is -0.954. The summed E-state index contributed by atoms with van der Waals surface area (Å²) in [6.45, 7) is 1.95. The van der Waals surface area contributed by atoms with Crippen LogP contribution >= 0.6 is 0 Å². The second-order valence-electron chi connectivity index (χ2n) is 1.16. The second kappa shape index (κ2) is 10.3. The molecule has 0 heterocycles. The maximum atomic E-state index is 8.57. The first-order valence-electron chi connectivity index (χ1n) is 2.26. The quantitative estimate of drug-likeness (QED) is 0.395. The van der Waals surface area contributed by atoms with Gasteiger partial charge < -0.3 is 15.3 Å². The van der Waals surface area contributed by atoms with Crippen molar-refractivity contribution in [1.29, 1.82) is 0 Å². The Kier molecular flexibility index (Phi) is 12.8. The topological polar surface area (TPSA) is 77.8 Å². The van der Waals surface area contributed by atoms with Gasteiger partial charge in [-0.1, -0.05) is 0 Å². The van der Waals surface area contributed by atoms with Gasteiger partial charge in [-0.3, -0.25) is 0 Å². The molecule has 0 aliphatic heterocycles. The lowest BCUT2D eigenvalue weighted by Gasteiger charge is -1.96. The van der Waals surface area contributed by atoms with Crippen LogP contribution in [0.15, 0.2) is 6.58 Å². The third-order valence-corrected chi connectivity index (χ3v) is 0.421. The molecule has 9 heavy (non-hydrogen) atoms.